The molecule has 0 aromatic heterocycles. The first-order valence-corrected chi connectivity index (χ1v) is 19.5. The Balaban J connectivity index is 3.92. The molecule has 1 fully saturated rings. The lowest BCUT2D eigenvalue weighted by molar-refractivity contribution is -0.162. The third-order valence-corrected chi connectivity index (χ3v) is 8.74. The molecule has 1 rings (SSSR count). The number of hydrogen-bond donors (Lipinski definition) is 0. The highest BCUT2D eigenvalue weighted by Crippen LogP contribution is 2.23. The second kappa shape index (κ2) is 20.4. The molecule has 0 unspecified atom stereocenters. The highest BCUT2D eigenvalue weighted by molar-refractivity contribution is 5.73. The van der Waals surface area contributed by atoms with Crippen molar-refractivity contribution in [1.29, 1.82) is 0 Å². The number of carbonyl (C=O) groups excluding carboxylic acids is 4. The van der Waals surface area contributed by atoms with Crippen molar-refractivity contribution in [1.82, 2.24) is 19.6 Å². The molecule has 12 heteroatoms. The van der Waals surface area contributed by atoms with E-state index in [1.165, 1.54) is 0 Å². The van der Waals surface area contributed by atoms with Crippen molar-refractivity contribution in [3.63, 3.8) is 0 Å². The molecule has 0 amide bonds. The smallest absolute Gasteiger partial charge is 0.320 e. The fraction of sp³-hybridized carbons (Fsp3) is 0.900. The number of esters is 4. The van der Waals surface area contributed by atoms with Crippen LogP contribution in [0.25, 0.3) is 0 Å². The number of hydrogen-bond acceptors (Lipinski definition) is 12. The lowest BCUT2D eigenvalue weighted by Crippen LogP contribution is -2.60. The Kier molecular flexibility index (Phi) is 18.7. The predicted molar refractivity (Wildman–Crippen MR) is 206 cm³/mol. The van der Waals surface area contributed by atoms with Crippen LogP contribution in [0, 0.1) is 0 Å². The maximum absolute atomic E-state index is 13.5. The molecule has 52 heavy (non-hydrogen) atoms. The monoisotopic (exact) mass is 741 g/mol. The molecule has 4 atom stereocenters. The van der Waals surface area contributed by atoms with Crippen LogP contribution in [0.3, 0.4) is 0 Å². The fourth-order valence-corrected chi connectivity index (χ4v) is 6.62. The van der Waals surface area contributed by atoms with Gasteiger partial charge < -0.3 is 18.9 Å². The Bertz CT molecular complexity index is 958. The SMILES string of the molecule is CC[C@H]1CN(CC(=O)OC(C)(C)C)[C@@H](CC)CN(CC(=O)OC(C)(C)C)[C@@H](CC)CN(CC(=O)OC(C)(C)C)[C@@H](CC)CN1CC(=O)OC(C)(C)C. The van der Waals surface area contributed by atoms with Gasteiger partial charge in [-0.3, -0.25) is 38.8 Å². The molecule has 0 spiro atoms. The summed E-state index contributed by atoms with van der Waals surface area (Å²) in [6.45, 7) is 32.8. The van der Waals surface area contributed by atoms with Crippen molar-refractivity contribution in [3.05, 3.63) is 0 Å². The Morgan fingerprint density at radius 3 is 0.654 bits per heavy atom. The van der Waals surface area contributed by atoms with Gasteiger partial charge >= 0.3 is 23.9 Å². The minimum absolute atomic E-state index is 0.0611. The van der Waals surface area contributed by atoms with Crippen LogP contribution >= 0.6 is 0 Å². The van der Waals surface area contributed by atoms with Gasteiger partial charge in [-0.25, -0.2) is 0 Å². The largest absolute Gasteiger partial charge is 0.459 e. The lowest BCUT2D eigenvalue weighted by atomic mass is 10.0. The summed E-state index contributed by atoms with van der Waals surface area (Å²) in [6, 6.07) is -0.548. The first-order valence-electron chi connectivity index (χ1n) is 19.5. The molecule has 0 N–H and O–H groups in total. The van der Waals surface area contributed by atoms with E-state index in [9.17, 15) is 19.2 Å². The van der Waals surface area contributed by atoms with Crippen molar-refractivity contribution in [3.8, 4) is 0 Å². The van der Waals surface area contributed by atoms with Gasteiger partial charge in [-0.05, 0) is 109 Å². The molecule has 0 radical (unpaired) electrons. The highest BCUT2D eigenvalue weighted by atomic mass is 16.6. The summed E-state index contributed by atoms with van der Waals surface area (Å²) in [4.78, 5) is 62.5. The highest BCUT2D eigenvalue weighted by Gasteiger charge is 2.37. The predicted octanol–water partition coefficient (Wildman–Crippen LogP) is 5.69. The van der Waals surface area contributed by atoms with Crippen molar-refractivity contribution in [2.24, 2.45) is 0 Å². The Morgan fingerprint density at radius 2 is 0.538 bits per heavy atom. The summed E-state index contributed by atoms with van der Waals surface area (Å²) >= 11 is 0. The number of ether oxygens (including phenoxy) is 4. The molecule has 1 saturated heterocycles. The van der Waals surface area contributed by atoms with E-state index in [2.05, 4.69) is 47.3 Å². The van der Waals surface area contributed by atoms with Gasteiger partial charge in [-0.1, -0.05) is 27.7 Å². The van der Waals surface area contributed by atoms with E-state index < -0.39 is 22.4 Å². The van der Waals surface area contributed by atoms with E-state index in [-0.39, 0.29) is 74.2 Å². The van der Waals surface area contributed by atoms with Crippen LogP contribution in [0.1, 0.15) is 136 Å². The molecule has 12 nitrogen and oxygen atoms in total. The van der Waals surface area contributed by atoms with Crippen molar-refractivity contribution in [2.45, 2.75) is 183 Å². The maximum Gasteiger partial charge on any atom is 0.320 e. The average molecular weight is 741 g/mol. The van der Waals surface area contributed by atoms with Crippen LogP contribution in [0.15, 0.2) is 0 Å². The van der Waals surface area contributed by atoms with Gasteiger partial charge in [0, 0.05) is 50.3 Å². The van der Waals surface area contributed by atoms with Crippen LogP contribution in [0.5, 0.6) is 0 Å². The number of rotatable bonds is 12. The number of carbonyl (C=O) groups is 4. The first-order chi connectivity index (χ1) is 23.7. The van der Waals surface area contributed by atoms with Gasteiger partial charge in [-0.15, -0.1) is 0 Å². The van der Waals surface area contributed by atoms with Crippen LogP contribution in [0.4, 0.5) is 0 Å². The lowest BCUT2D eigenvalue weighted by Gasteiger charge is -2.45. The van der Waals surface area contributed by atoms with Gasteiger partial charge in [0.2, 0.25) is 0 Å². The second-order valence-corrected chi connectivity index (χ2v) is 18.3. The van der Waals surface area contributed by atoms with Crippen molar-refractivity contribution >= 4 is 23.9 Å². The molecule has 1 heterocycles. The zero-order valence-electron chi connectivity index (χ0n) is 35.8. The van der Waals surface area contributed by atoms with Gasteiger partial charge in [0.1, 0.15) is 22.4 Å². The van der Waals surface area contributed by atoms with E-state index in [4.69, 9.17) is 18.9 Å². The summed E-state index contributed by atoms with van der Waals surface area (Å²) < 4.78 is 23.3. The molecular weight excluding hydrogens is 664 g/mol. The zero-order valence-corrected chi connectivity index (χ0v) is 35.8. The van der Waals surface area contributed by atoms with Crippen LogP contribution in [0.2, 0.25) is 0 Å². The van der Waals surface area contributed by atoms with E-state index in [1.807, 2.05) is 83.1 Å². The zero-order chi connectivity index (χ0) is 40.2. The summed E-state index contributed by atoms with van der Waals surface area (Å²) in [7, 11) is 0. The van der Waals surface area contributed by atoms with Crippen LogP contribution in [-0.4, -0.2) is 142 Å². The molecule has 0 bridgehead atoms. The van der Waals surface area contributed by atoms with E-state index in [0.29, 0.717) is 51.9 Å². The fourth-order valence-electron chi connectivity index (χ4n) is 6.62. The summed E-state index contributed by atoms with van der Waals surface area (Å²) in [5, 5.41) is 0. The van der Waals surface area contributed by atoms with Gasteiger partial charge in [0.05, 0.1) is 26.2 Å². The molecule has 1 aliphatic rings. The molecule has 0 aliphatic carbocycles. The average Bonchev–Trinajstić information content (AvgIpc) is 2.93. The Labute approximate surface area is 316 Å². The maximum atomic E-state index is 13.5. The van der Waals surface area contributed by atoms with Crippen molar-refractivity contribution in [2.75, 3.05) is 52.4 Å². The van der Waals surface area contributed by atoms with E-state index in [1.54, 1.807) is 0 Å². The minimum atomic E-state index is -0.653. The second-order valence-electron chi connectivity index (χ2n) is 18.3. The molecule has 304 valence electrons. The summed E-state index contributed by atoms with van der Waals surface area (Å²) in [5.74, 6) is -1.31. The normalized spacial score (nSPS) is 22.9. The van der Waals surface area contributed by atoms with Gasteiger partial charge in [-0.2, -0.15) is 0 Å². The molecule has 0 saturated carbocycles. The summed E-state index contributed by atoms with van der Waals surface area (Å²) in [6.07, 6.45) is 2.80. The topological polar surface area (TPSA) is 118 Å². The van der Waals surface area contributed by atoms with Crippen LogP contribution < -0.4 is 0 Å². The van der Waals surface area contributed by atoms with Crippen LogP contribution in [-0.2, 0) is 38.1 Å². The minimum Gasteiger partial charge on any atom is -0.459 e. The molecular formula is C40H76N4O8. The first kappa shape index (κ1) is 47.7. The van der Waals surface area contributed by atoms with Gasteiger partial charge in [0.25, 0.3) is 0 Å². The van der Waals surface area contributed by atoms with Crippen molar-refractivity contribution < 1.29 is 38.1 Å². The van der Waals surface area contributed by atoms with E-state index in [0.717, 1.165) is 0 Å². The molecule has 1 aliphatic heterocycles. The third kappa shape index (κ3) is 19.2. The number of nitrogens with zero attached hydrogens (tertiary/aromatic N) is 4. The Morgan fingerprint density at radius 1 is 0.385 bits per heavy atom. The third-order valence-electron chi connectivity index (χ3n) is 8.74. The van der Waals surface area contributed by atoms with Gasteiger partial charge in [0.15, 0.2) is 0 Å². The summed E-state index contributed by atoms with van der Waals surface area (Å²) in [5.41, 5.74) is -2.61. The van der Waals surface area contributed by atoms with E-state index >= 15 is 0 Å². The standard InChI is InChI=1S/C40H76N4O8/c1-17-29-21-42(26-34(46)50-38(8,9)10)31(19-3)23-44(28-36(48)52-40(14,15)16)32(20-4)24-43(27-35(47)51-39(11,12)13)30(18-2)22-41(29)25-33(45)49-37(5,6)7/h29-32H,17-28H2,1-16H3/t29-,30-,31-,32-/m0/s1. The Hall–Kier alpha value is -2.28. The quantitative estimate of drug-likeness (QED) is 0.181. The molecule has 0 aromatic rings. The molecule has 0 aromatic carbocycles.